The third kappa shape index (κ3) is 9.65. The quantitative estimate of drug-likeness (QED) is 0.366. The third-order valence-electron chi connectivity index (χ3n) is 4.66. The maximum Gasteiger partial charge on any atom is 0.408 e. The van der Waals surface area contributed by atoms with Crippen LogP contribution in [0.5, 0.6) is 0 Å². The predicted octanol–water partition coefficient (Wildman–Crippen LogP) is 1.96. The van der Waals surface area contributed by atoms with Crippen molar-refractivity contribution in [2.45, 2.75) is 58.0 Å². The van der Waals surface area contributed by atoms with Gasteiger partial charge in [0.05, 0.1) is 32.8 Å². The molecule has 0 fully saturated rings. The molecule has 0 saturated heterocycles. The van der Waals surface area contributed by atoms with Gasteiger partial charge >= 0.3 is 24.1 Å². The number of hydrogen-bond acceptors (Lipinski definition) is 9. The lowest BCUT2D eigenvalue weighted by atomic mass is 10.1. The number of benzene rings is 1. The lowest BCUT2D eigenvalue weighted by molar-refractivity contribution is -0.144. The van der Waals surface area contributed by atoms with Crippen LogP contribution in [0.3, 0.4) is 0 Å². The molecule has 0 aliphatic heterocycles. The van der Waals surface area contributed by atoms with Crippen molar-refractivity contribution >= 4 is 24.1 Å². The Hall–Kier alpha value is -4.09. The number of amides is 2. The first-order valence-electron chi connectivity index (χ1n) is 11.1. The molecule has 1 aromatic carbocycles. The van der Waals surface area contributed by atoms with Gasteiger partial charge in [0.25, 0.3) is 0 Å². The summed E-state index contributed by atoms with van der Waals surface area (Å²) in [6.07, 6.45) is 1.43. The minimum atomic E-state index is -1.06. The van der Waals surface area contributed by atoms with Gasteiger partial charge in [0.15, 0.2) is 0 Å². The van der Waals surface area contributed by atoms with Gasteiger partial charge in [0, 0.05) is 12.6 Å². The Morgan fingerprint density at radius 3 is 2.17 bits per heavy atom. The maximum absolute atomic E-state index is 12.2. The van der Waals surface area contributed by atoms with Crippen LogP contribution in [0.25, 0.3) is 0 Å². The molecule has 2 N–H and O–H groups in total. The molecule has 0 radical (unpaired) electrons. The average molecular weight is 505 g/mol. The second-order valence-corrected chi connectivity index (χ2v) is 8.77. The number of nitrogens with one attached hydrogen (secondary N) is 2. The van der Waals surface area contributed by atoms with Gasteiger partial charge in [-0.25, -0.2) is 24.2 Å². The van der Waals surface area contributed by atoms with Gasteiger partial charge in [-0.05, 0) is 26.3 Å². The van der Waals surface area contributed by atoms with E-state index in [1.54, 1.807) is 39.1 Å². The molecule has 0 saturated carbocycles. The van der Waals surface area contributed by atoms with Gasteiger partial charge in [-0.2, -0.15) is 0 Å². The van der Waals surface area contributed by atoms with E-state index in [2.05, 4.69) is 15.6 Å². The number of carbonyl (C=O) groups is 4. The number of hydrogen-bond donors (Lipinski definition) is 2. The van der Waals surface area contributed by atoms with Crippen molar-refractivity contribution in [3.63, 3.8) is 0 Å². The van der Waals surface area contributed by atoms with Crippen LogP contribution in [0.1, 0.15) is 32.0 Å². The molecular weight excluding hydrogens is 472 g/mol. The van der Waals surface area contributed by atoms with E-state index in [1.807, 2.05) is 18.2 Å². The predicted molar refractivity (Wildman–Crippen MR) is 127 cm³/mol. The smallest absolute Gasteiger partial charge is 0.408 e. The van der Waals surface area contributed by atoms with E-state index in [0.717, 1.165) is 5.56 Å². The van der Waals surface area contributed by atoms with Gasteiger partial charge in [-0.3, -0.25) is 0 Å². The highest BCUT2D eigenvalue weighted by Crippen LogP contribution is 2.09. The number of rotatable bonds is 10. The molecule has 0 aliphatic rings. The molecule has 36 heavy (non-hydrogen) atoms. The number of nitrogens with zero attached hydrogens (tertiary/aromatic N) is 2. The number of carbonyl (C=O) groups excluding carboxylic acids is 4. The van der Waals surface area contributed by atoms with Gasteiger partial charge in [-0.15, -0.1) is 0 Å². The van der Waals surface area contributed by atoms with Crippen LogP contribution in [0.4, 0.5) is 9.59 Å². The van der Waals surface area contributed by atoms with E-state index < -0.39 is 41.8 Å². The molecule has 1 heterocycles. The first kappa shape index (κ1) is 28.1. The first-order chi connectivity index (χ1) is 17.0. The molecule has 2 rings (SSSR count). The lowest BCUT2D eigenvalue weighted by Gasteiger charge is -2.22. The van der Waals surface area contributed by atoms with Crippen molar-refractivity contribution in [3.05, 3.63) is 54.1 Å². The Labute approximate surface area is 209 Å². The SMILES string of the molecule is COC(=O)[C@H](Cc1cn(C[C@@H](NC(=O)OCc2ccccc2)C(=O)OC)cn1)NC(=O)OC(C)(C)C. The third-order valence-corrected chi connectivity index (χ3v) is 4.66. The average Bonchev–Trinajstić information content (AvgIpc) is 3.27. The minimum Gasteiger partial charge on any atom is -0.467 e. The second kappa shape index (κ2) is 13.1. The van der Waals surface area contributed by atoms with Crippen LogP contribution in [0.2, 0.25) is 0 Å². The molecule has 0 spiro atoms. The Kier molecular flexibility index (Phi) is 10.3. The van der Waals surface area contributed by atoms with Gasteiger partial charge in [0.1, 0.15) is 24.3 Å². The molecule has 0 bridgehead atoms. The fourth-order valence-corrected chi connectivity index (χ4v) is 3.05. The van der Waals surface area contributed by atoms with Gasteiger partial charge in [0.2, 0.25) is 0 Å². The summed E-state index contributed by atoms with van der Waals surface area (Å²) in [5, 5.41) is 4.95. The van der Waals surface area contributed by atoms with Crippen LogP contribution >= 0.6 is 0 Å². The van der Waals surface area contributed by atoms with Crippen LogP contribution in [0.15, 0.2) is 42.9 Å². The summed E-state index contributed by atoms with van der Waals surface area (Å²) in [5.74, 6) is -1.35. The van der Waals surface area contributed by atoms with E-state index in [1.165, 1.54) is 25.1 Å². The number of methoxy groups -OCH3 is 2. The Balaban J connectivity index is 2.01. The summed E-state index contributed by atoms with van der Waals surface area (Å²) in [4.78, 5) is 52.9. The van der Waals surface area contributed by atoms with E-state index in [4.69, 9.17) is 18.9 Å². The highest BCUT2D eigenvalue weighted by molar-refractivity contribution is 5.82. The summed E-state index contributed by atoms with van der Waals surface area (Å²) >= 11 is 0. The van der Waals surface area contributed by atoms with Crippen molar-refractivity contribution in [1.82, 2.24) is 20.2 Å². The molecule has 196 valence electrons. The second-order valence-electron chi connectivity index (χ2n) is 8.77. The maximum atomic E-state index is 12.2. The highest BCUT2D eigenvalue weighted by Gasteiger charge is 2.27. The molecule has 2 amide bonds. The Bertz CT molecular complexity index is 1030. The number of alkyl carbamates (subject to hydrolysis) is 2. The van der Waals surface area contributed by atoms with Crippen LogP contribution in [0, 0.1) is 0 Å². The first-order valence-corrected chi connectivity index (χ1v) is 11.1. The summed E-state index contributed by atoms with van der Waals surface area (Å²) in [6, 6.07) is 6.98. The van der Waals surface area contributed by atoms with E-state index in [-0.39, 0.29) is 19.6 Å². The standard InChI is InChI=1S/C24H32N4O8/c1-24(2,3)36-23(32)26-18(20(29)33-4)11-17-12-28(15-25-17)13-19(21(30)34-5)27-22(31)35-14-16-9-7-6-8-10-16/h6-10,12,15,18-19H,11,13-14H2,1-5H3,(H,26,32)(H,27,31)/t18-,19+/m0/s1. The van der Waals surface area contributed by atoms with Crippen molar-refractivity contribution < 1.29 is 38.1 Å². The van der Waals surface area contributed by atoms with Crippen LogP contribution < -0.4 is 10.6 Å². The van der Waals surface area contributed by atoms with Gasteiger partial charge < -0.3 is 34.1 Å². The minimum absolute atomic E-state index is 0.00829. The zero-order valence-corrected chi connectivity index (χ0v) is 21.0. The summed E-state index contributed by atoms with van der Waals surface area (Å²) in [5.41, 5.74) is 0.475. The molecule has 2 aromatic rings. The normalized spacial score (nSPS) is 12.6. The molecule has 1 aromatic heterocycles. The number of imidazole rings is 1. The molecule has 2 atom stereocenters. The Morgan fingerprint density at radius 2 is 1.56 bits per heavy atom. The van der Waals surface area contributed by atoms with E-state index in [9.17, 15) is 19.2 Å². The summed E-state index contributed by atoms with van der Waals surface area (Å²) in [6.45, 7) is 5.12. The summed E-state index contributed by atoms with van der Waals surface area (Å²) < 4.78 is 21.5. The monoisotopic (exact) mass is 504 g/mol. The van der Waals surface area contributed by atoms with E-state index in [0.29, 0.717) is 5.69 Å². The zero-order valence-electron chi connectivity index (χ0n) is 21.0. The van der Waals surface area contributed by atoms with Crippen molar-refractivity contribution in [1.29, 1.82) is 0 Å². The molecule has 12 nitrogen and oxygen atoms in total. The fourth-order valence-electron chi connectivity index (χ4n) is 3.05. The topological polar surface area (TPSA) is 147 Å². The van der Waals surface area contributed by atoms with Crippen LogP contribution in [-0.4, -0.2) is 65.6 Å². The molecular formula is C24H32N4O8. The van der Waals surface area contributed by atoms with Gasteiger partial charge in [-0.1, -0.05) is 30.3 Å². The zero-order chi connectivity index (χ0) is 26.7. The lowest BCUT2D eigenvalue weighted by Crippen LogP contribution is -2.45. The van der Waals surface area contributed by atoms with Crippen molar-refractivity contribution in [2.24, 2.45) is 0 Å². The number of aromatic nitrogens is 2. The molecule has 0 unspecified atom stereocenters. The molecule has 0 aliphatic carbocycles. The number of ether oxygens (including phenoxy) is 4. The van der Waals surface area contributed by atoms with Crippen molar-refractivity contribution in [3.8, 4) is 0 Å². The van der Waals surface area contributed by atoms with Crippen molar-refractivity contribution in [2.75, 3.05) is 14.2 Å². The Morgan fingerprint density at radius 1 is 0.944 bits per heavy atom. The van der Waals surface area contributed by atoms with E-state index >= 15 is 0 Å². The van der Waals surface area contributed by atoms with Crippen LogP contribution in [-0.2, 0) is 48.1 Å². The number of esters is 2. The fraction of sp³-hybridized carbons (Fsp3) is 0.458. The highest BCUT2D eigenvalue weighted by atomic mass is 16.6. The molecule has 12 heteroatoms. The largest absolute Gasteiger partial charge is 0.467 e. The summed E-state index contributed by atoms with van der Waals surface area (Å²) in [7, 11) is 2.41.